The van der Waals surface area contributed by atoms with Gasteiger partial charge in [-0.15, -0.1) is 0 Å². The van der Waals surface area contributed by atoms with Gasteiger partial charge in [-0.25, -0.2) is 14.8 Å². The first kappa shape index (κ1) is 20.8. The maximum Gasteiger partial charge on any atom is 0.318 e. The zero-order valence-electron chi connectivity index (χ0n) is 17.0. The van der Waals surface area contributed by atoms with E-state index in [4.69, 9.17) is 33.7 Å². The van der Waals surface area contributed by atoms with Gasteiger partial charge in [0.05, 0.1) is 54.0 Å². The summed E-state index contributed by atoms with van der Waals surface area (Å²) in [4.78, 5) is 24.6. The lowest BCUT2D eigenvalue weighted by atomic mass is 10.0. The molecule has 0 bridgehead atoms. The van der Waals surface area contributed by atoms with Gasteiger partial charge in [-0.1, -0.05) is 23.2 Å². The first-order chi connectivity index (χ1) is 15.5. The summed E-state index contributed by atoms with van der Waals surface area (Å²) < 4.78 is 6.00. The Labute approximate surface area is 193 Å². The van der Waals surface area contributed by atoms with Crippen molar-refractivity contribution in [1.82, 2.24) is 35.2 Å². The average Bonchev–Trinajstić information content (AvgIpc) is 3.22. The molecule has 1 aliphatic carbocycles. The van der Waals surface area contributed by atoms with Crippen molar-refractivity contribution in [3.8, 4) is 17.0 Å². The molecular formula is C20H20Cl2N8O2. The summed E-state index contributed by atoms with van der Waals surface area (Å²) in [5.74, 6) is 0.553. The van der Waals surface area contributed by atoms with Crippen LogP contribution >= 0.6 is 23.2 Å². The second-order valence-electron chi connectivity index (χ2n) is 7.67. The number of halogens is 2. The van der Waals surface area contributed by atoms with Crippen molar-refractivity contribution in [2.45, 2.75) is 38.5 Å². The predicted molar refractivity (Wildman–Crippen MR) is 118 cm³/mol. The van der Waals surface area contributed by atoms with E-state index in [0.717, 1.165) is 18.4 Å². The van der Waals surface area contributed by atoms with Gasteiger partial charge in [0, 0.05) is 16.6 Å². The van der Waals surface area contributed by atoms with Gasteiger partial charge in [0.25, 0.3) is 0 Å². The van der Waals surface area contributed by atoms with Gasteiger partial charge in [-0.3, -0.25) is 0 Å². The molecule has 32 heavy (non-hydrogen) atoms. The highest BCUT2D eigenvalue weighted by molar-refractivity contribution is 6.37. The Morgan fingerprint density at radius 3 is 2.72 bits per heavy atom. The number of benzene rings is 1. The molecule has 2 aliphatic rings. The van der Waals surface area contributed by atoms with Crippen LogP contribution in [0.4, 0.5) is 10.7 Å². The highest BCUT2D eigenvalue weighted by Gasteiger charge is 2.33. The Morgan fingerprint density at radius 1 is 1.19 bits per heavy atom. The molecule has 3 heterocycles. The third-order valence-corrected chi connectivity index (χ3v) is 5.78. The van der Waals surface area contributed by atoms with Crippen molar-refractivity contribution in [3.63, 3.8) is 0 Å². The van der Waals surface area contributed by atoms with E-state index >= 15 is 0 Å². The third-order valence-electron chi connectivity index (χ3n) is 5.26. The van der Waals surface area contributed by atoms with Crippen LogP contribution in [0.3, 0.4) is 0 Å². The standard InChI is InChI=1S/C20H20Cl2N8O2/c21-11-7-14(22)17(16(8-11)32-6-5-30-24-3-4-25-30)18-13-9-29(20(31)26-12-1-2-12)10-15(13)27-19(23)28-18/h3-4,7-8,12H,1-2,5-6,9-10H2,(H,26,31)(H2,23,27,28). The van der Waals surface area contributed by atoms with Crippen LogP contribution in [0.5, 0.6) is 5.75 Å². The highest BCUT2D eigenvalue weighted by Crippen LogP contribution is 2.42. The number of amides is 2. The van der Waals surface area contributed by atoms with Crippen molar-refractivity contribution in [3.05, 3.63) is 45.8 Å². The lowest BCUT2D eigenvalue weighted by Gasteiger charge is -2.17. The number of carbonyl (C=O) groups is 1. The number of nitrogens with one attached hydrogen (secondary N) is 1. The van der Waals surface area contributed by atoms with Gasteiger partial charge in [0.1, 0.15) is 12.4 Å². The molecule has 3 N–H and O–H groups in total. The molecule has 1 saturated carbocycles. The zero-order valence-corrected chi connectivity index (χ0v) is 18.5. The summed E-state index contributed by atoms with van der Waals surface area (Å²) in [5.41, 5.74) is 8.57. The summed E-state index contributed by atoms with van der Waals surface area (Å²) in [7, 11) is 0. The molecule has 2 amide bonds. The van der Waals surface area contributed by atoms with E-state index < -0.39 is 0 Å². The largest absolute Gasteiger partial charge is 0.491 e. The molecule has 12 heteroatoms. The molecule has 0 radical (unpaired) electrons. The number of nitrogen functional groups attached to an aromatic ring is 1. The number of rotatable bonds is 6. The normalized spacial score (nSPS) is 15.0. The van der Waals surface area contributed by atoms with E-state index in [0.29, 0.717) is 52.4 Å². The van der Waals surface area contributed by atoms with Gasteiger partial charge in [-0.2, -0.15) is 15.0 Å². The first-order valence-corrected chi connectivity index (χ1v) is 10.9. The van der Waals surface area contributed by atoms with Gasteiger partial charge < -0.3 is 20.7 Å². The topological polar surface area (TPSA) is 124 Å². The second-order valence-corrected chi connectivity index (χ2v) is 8.51. The minimum absolute atomic E-state index is 0.0981. The number of carbonyl (C=O) groups excluding carboxylic acids is 1. The van der Waals surface area contributed by atoms with E-state index in [1.165, 1.54) is 4.80 Å². The van der Waals surface area contributed by atoms with Crippen molar-refractivity contribution in [2.75, 3.05) is 12.3 Å². The van der Waals surface area contributed by atoms with Crippen LogP contribution in [0.2, 0.25) is 10.0 Å². The summed E-state index contributed by atoms with van der Waals surface area (Å²) >= 11 is 12.8. The summed E-state index contributed by atoms with van der Waals surface area (Å²) in [6, 6.07) is 3.44. The summed E-state index contributed by atoms with van der Waals surface area (Å²) in [6.07, 6.45) is 5.22. The number of hydrogen-bond acceptors (Lipinski definition) is 7. The van der Waals surface area contributed by atoms with Gasteiger partial charge in [0.2, 0.25) is 5.95 Å². The molecule has 1 fully saturated rings. The third kappa shape index (κ3) is 4.28. The van der Waals surface area contributed by atoms with Gasteiger partial charge in [-0.05, 0) is 25.0 Å². The number of aromatic nitrogens is 5. The smallest absolute Gasteiger partial charge is 0.318 e. The van der Waals surface area contributed by atoms with Crippen molar-refractivity contribution in [2.24, 2.45) is 0 Å². The van der Waals surface area contributed by atoms with Crippen molar-refractivity contribution in [1.29, 1.82) is 0 Å². The maximum atomic E-state index is 12.6. The molecule has 166 valence electrons. The molecule has 0 saturated heterocycles. The summed E-state index contributed by atoms with van der Waals surface area (Å²) in [5, 5.41) is 11.9. The fourth-order valence-electron chi connectivity index (χ4n) is 3.61. The Bertz CT molecular complexity index is 1170. The van der Waals surface area contributed by atoms with E-state index in [1.54, 1.807) is 29.4 Å². The van der Waals surface area contributed by atoms with E-state index in [9.17, 15) is 4.79 Å². The Hall–Kier alpha value is -3.11. The van der Waals surface area contributed by atoms with Crippen LogP contribution in [0.15, 0.2) is 24.5 Å². The van der Waals surface area contributed by atoms with Gasteiger partial charge >= 0.3 is 6.03 Å². The molecular weight excluding hydrogens is 455 g/mol. The molecule has 3 aromatic rings. The molecule has 0 spiro atoms. The maximum absolute atomic E-state index is 12.6. The monoisotopic (exact) mass is 474 g/mol. The Balaban J connectivity index is 1.46. The average molecular weight is 475 g/mol. The number of nitrogens with zero attached hydrogens (tertiary/aromatic N) is 6. The number of anilines is 1. The first-order valence-electron chi connectivity index (χ1n) is 10.1. The van der Waals surface area contributed by atoms with E-state index in [2.05, 4.69) is 25.5 Å². The van der Waals surface area contributed by atoms with Crippen LogP contribution in [0, 0.1) is 0 Å². The number of nitrogens with two attached hydrogens (primary N) is 1. The van der Waals surface area contributed by atoms with Crippen molar-refractivity contribution < 1.29 is 9.53 Å². The van der Waals surface area contributed by atoms with Crippen LogP contribution in [0.25, 0.3) is 11.3 Å². The highest BCUT2D eigenvalue weighted by atomic mass is 35.5. The van der Waals surface area contributed by atoms with E-state index in [-0.39, 0.29) is 24.6 Å². The SMILES string of the molecule is Nc1nc2c(c(-c3c(Cl)cc(Cl)cc3OCCn3nccn3)n1)CN(C(=O)NC1CC1)C2. The number of urea groups is 1. The van der Waals surface area contributed by atoms with Crippen LogP contribution < -0.4 is 15.8 Å². The lowest BCUT2D eigenvalue weighted by molar-refractivity contribution is 0.197. The zero-order chi connectivity index (χ0) is 22.2. The fraction of sp³-hybridized carbons (Fsp3) is 0.350. The van der Waals surface area contributed by atoms with Crippen LogP contribution in [-0.2, 0) is 19.6 Å². The number of hydrogen-bond donors (Lipinski definition) is 2. The van der Waals surface area contributed by atoms with Crippen molar-refractivity contribution >= 4 is 35.2 Å². The van der Waals surface area contributed by atoms with Gasteiger partial charge in [0.15, 0.2) is 0 Å². The quantitative estimate of drug-likeness (QED) is 0.562. The molecule has 5 rings (SSSR count). The Morgan fingerprint density at radius 2 is 1.97 bits per heavy atom. The molecule has 10 nitrogen and oxygen atoms in total. The molecule has 1 aliphatic heterocycles. The number of fused-ring (bicyclic) bond motifs is 1. The van der Waals surface area contributed by atoms with Crippen LogP contribution in [-0.4, -0.2) is 48.5 Å². The molecule has 2 aromatic heterocycles. The summed E-state index contributed by atoms with van der Waals surface area (Å²) in [6.45, 7) is 1.42. The molecule has 0 atom stereocenters. The Kier molecular flexibility index (Phi) is 5.48. The molecule has 0 unspecified atom stereocenters. The fourth-order valence-corrected chi connectivity index (χ4v) is 4.17. The predicted octanol–water partition coefficient (Wildman–Crippen LogP) is 2.89. The number of ether oxygens (including phenoxy) is 1. The van der Waals surface area contributed by atoms with E-state index in [1.807, 2.05) is 0 Å². The minimum Gasteiger partial charge on any atom is -0.491 e. The van der Waals surface area contributed by atoms with Crippen LogP contribution in [0.1, 0.15) is 24.1 Å². The minimum atomic E-state index is -0.125. The molecule has 1 aromatic carbocycles. The second kappa shape index (κ2) is 8.44. The lowest BCUT2D eigenvalue weighted by Crippen LogP contribution is -2.37.